The molecule has 3 heterocycles. The Labute approximate surface area is 261 Å². The molecule has 0 N–H and O–H groups in total. The molecule has 1 aliphatic rings. The minimum absolute atomic E-state index is 0.146. The number of rotatable bonds is 9. The van der Waals surface area contributed by atoms with Crippen molar-refractivity contribution in [3.8, 4) is 0 Å². The van der Waals surface area contributed by atoms with Crippen LogP contribution in [0.25, 0.3) is 5.65 Å². The van der Waals surface area contributed by atoms with Crippen molar-refractivity contribution in [2.45, 2.75) is 35.5 Å². The zero-order valence-corrected chi connectivity index (χ0v) is 24.8. The van der Waals surface area contributed by atoms with E-state index in [2.05, 4.69) is 27.3 Å². The summed E-state index contributed by atoms with van der Waals surface area (Å²) in [4.78, 5) is 30.2. The van der Waals surface area contributed by atoms with Gasteiger partial charge in [-0.15, -0.1) is 10.2 Å². The van der Waals surface area contributed by atoms with Crippen molar-refractivity contribution in [1.82, 2.24) is 19.6 Å². The van der Waals surface area contributed by atoms with Crippen LogP contribution < -0.4 is 0 Å². The SMILES string of the molecule is O=C(OC[C@H]1O[C@@H](c2nnc3c(SCc4ccccc4)nccn23)C[C@@H]1OC(=O)c1ccc(Cl)cc1)c1ccc(Cl)cc1. The highest BCUT2D eigenvalue weighted by atomic mass is 35.5. The summed E-state index contributed by atoms with van der Waals surface area (Å²) < 4.78 is 19.6. The minimum atomic E-state index is -0.751. The van der Waals surface area contributed by atoms with E-state index in [4.69, 9.17) is 37.4 Å². The normalized spacial score (nSPS) is 18.0. The summed E-state index contributed by atoms with van der Waals surface area (Å²) in [5.74, 6) is 0.151. The maximum atomic E-state index is 13.0. The highest BCUT2D eigenvalue weighted by Gasteiger charge is 2.42. The summed E-state index contributed by atoms with van der Waals surface area (Å²) in [5.41, 5.74) is 2.43. The molecule has 0 radical (unpaired) electrons. The van der Waals surface area contributed by atoms with Gasteiger partial charge in [0.25, 0.3) is 0 Å². The Morgan fingerprint density at radius 2 is 1.58 bits per heavy atom. The third-order valence-corrected chi connectivity index (χ3v) is 8.37. The van der Waals surface area contributed by atoms with Crippen LogP contribution in [-0.4, -0.2) is 50.3 Å². The lowest BCUT2D eigenvalue weighted by Gasteiger charge is -2.19. The average Bonchev–Trinajstić information content (AvgIpc) is 3.64. The molecule has 0 aliphatic carbocycles. The van der Waals surface area contributed by atoms with Gasteiger partial charge < -0.3 is 14.2 Å². The summed E-state index contributed by atoms with van der Waals surface area (Å²) >= 11 is 13.5. The maximum Gasteiger partial charge on any atom is 0.338 e. The molecule has 0 bridgehead atoms. The highest BCUT2D eigenvalue weighted by molar-refractivity contribution is 7.98. The summed E-state index contributed by atoms with van der Waals surface area (Å²) in [6.45, 7) is -0.146. The van der Waals surface area contributed by atoms with E-state index in [0.29, 0.717) is 32.6 Å². The van der Waals surface area contributed by atoms with Crippen LogP contribution in [0.2, 0.25) is 10.0 Å². The van der Waals surface area contributed by atoms with E-state index >= 15 is 0 Å². The van der Waals surface area contributed by atoms with E-state index in [9.17, 15) is 9.59 Å². The first-order chi connectivity index (χ1) is 20.9. The van der Waals surface area contributed by atoms with Crippen LogP contribution in [0.5, 0.6) is 0 Å². The van der Waals surface area contributed by atoms with E-state index in [1.54, 1.807) is 72.7 Å². The molecule has 3 atom stereocenters. The molecule has 0 saturated carbocycles. The van der Waals surface area contributed by atoms with E-state index in [1.807, 2.05) is 22.6 Å². The largest absolute Gasteiger partial charge is 0.459 e. The summed E-state index contributed by atoms with van der Waals surface area (Å²) in [6.07, 6.45) is 1.66. The van der Waals surface area contributed by atoms with Crippen LogP contribution in [0, 0.1) is 0 Å². The molecule has 0 spiro atoms. The molecule has 5 aromatic rings. The zero-order chi connectivity index (χ0) is 29.8. The monoisotopic (exact) mass is 634 g/mol. The fraction of sp³-hybridized carbons (Fsp3) is 0.194. The molecule has 6 rings (SSSR count). The third-order valence-electron chi connectivity index (χ3n) is 6.82. The Bertz CT molecular complexity index is 1740. The second-order valence-electron chi connectivity index (χ2n) is 9.71. The molecular formula is C31H24Cl2N4O5S. The molecule has 1 aliphatic heterocycles. The number of carbonyl (C=O) groups is 2. The number of hydrogen-bond acceptors (Lipinski definition) is 9. The Kier molecular flexibility index (Phi) is 8.90. The molecule has 12 heteroatoms. The summed E-state index contributed by atoms with van der Waals surface area (Å²) in [5, 5.41) is 10.5. The number of benzene rings is 3. The van der Waals surface area contributed by atoms with Crippen LogP contribution in [-0.2, 0) is 20.0 Å². The number of ether oxygens (including phenoxy) is 3. The zero-order valence-electron chi connectivity index (χ0n) is 22.5. The first kappa shape index (κ1) is 29.1. The van der Waals surface area contributed by atoms with Crippen LogP contribution in [0.4, 0.5) is 0 Å². The van der Waals surface area contributed by atoms with Crippen molar-refractivity contribution >= 4 is 52.5 Å². The van der Waals surface area contributed by atoms with E-state index in [0.717, 1.165) is 16.3 Å². The van der Waals surface area contributed by atoms with Gasteiger partial charge in [-0.25, -0.2) is 14.6 Å². The maximum absolute atomic E-state index is 13.0. The smallest absolute Gasteiger partial charge is 0.338 e. The predicted molar refractivity (Wildman–Crippen MR) is 161 cm³/mol. The molecule has 0 unspecified atom stereocenters. The molecule has 1 fully saturated rings. The fourth-order valence-corrected chi connectivity index (χ4v) is 5.79. The van der Waals surface area contributed by atoms with Gasteiger partial charge in [-0.3, -0.25) is 4.40 Å². The van der Waals surface area contributed by atoms with Crippen LogP contribution >= 0.6 is 35.0 Å². The number of fused-ring (bicyclic) bond motifs is 1. The Morgan fingerprint density at radius 1 is 0.907 bits per heavy atom. The molecular weight excluding hydrogens is 611 g/mol. The number of thioether (sulfide) groups is 1. The minimum Gasteiger partial charge on any atom is -0.459 e. The quantitative estimate of drug-likeness (QED) is 0.130. The average molecular weight is 636 g/mol. The molecule has 9 nitrogen and oxygen atoms in total. The lowest BCUT2D eigenvalue weighted by molar-refractivity contribution is -0.0441. The van der Waals surface area contributed by atoms with Gasteiger partial charge in [0, 0.05) is 34.6 Å². The van der Waals surface area contributed by atoms with Gasteiger partial charge in [0.15, 0.2) is 11.5 Å². The standard InChI is InChI=1S/C31H24Cl2N4O5S/c32-22-10-6-20(7-11-22)30(38)40-17-26-24(42-31(39)21-8-12-23(33)13-9-21)16-25(41-26)27-35-36-28-29(34-14-15-37(27)28)43-18-19-4-2-1-3-5-19/h1-15,24-26H,16-18H2/t24-,25+,26+/m0/s1. The lowest BCUT2D eigenvalue weighted by Crippen LogP contribution is -2.32. The molecule has 3 aromatic carbocycles. The van der Waals surface area contributed by atoms with E-state index < -0.39 is 30.3 Å². The highest BCUT2D eigenvalue weighted by Crippen LogP contribution is 2.36. The number of aromatic nitrogens is 4. The number of hydrogen-bond donors (Lipinski definition) is 0. The second kappa shape index (κ2) is 13.1. The van der Waals surface area contributed by atoms with Gasteiger partial charge in [-0.1, -0.05) is 65.3 Å². The van der Waals surface area contributed by atoms with E-state index in [1.165, 1.54) is 0 Å². The Morgan fingerprint density at radius 3 is 2.28 bits per heavy atom. The summed E-state index contributed by atoms with van der Waals surface area (Å²) in [7, 11) is 0. The van der Waals surface area contributed by atoms with Gasteiger partial charge in [-0.2, -0.15) is 0 Å². The number of carbonyl (C=O) groups excluding carboxylic acids is 2. The van der Waals surface area contributed by atoms with Crippen molar-refractivity contribution in [3.63, 3.8) is 0 Å². The first-order valence-corrected chi connectivity index (χ1v) is 15.1. The van der Waals surface area contributed by atoms with Gasteiger partial charge in [0.05, 0.1) is 11.1 Å². The molecule has 218 valence electrons. The van der Waals surface area contributed by atoms with Gasteiger partial charge >= 0.3 is 11.9 Å². The van der Waals surface area contributed by atoms with Gasteiger partial charge in [0.1, 0.15) is 29.9 Å². The van der Waals surface area contributed by atoms with Crippen molar-refractivity contribution in [2.75, 3.05) is 6.61 Å². The number of halogens is 2. The van der Waals surface area contributed by atoms with Crippen molar-refractivity contribution in [1.29, 1.82) is 0 Å². The van der Waals surface area contributed by atoms with Gasteiger partial charge in [-0.05, 0) is 54.1 Å². The van der Waals surface area contributed by atoms with Gasteiger partial charge in [0.2, 0.25) is 0 Å². The molecule has 1 saturated heterocycles. The molecule has 43 heavy (non-hydrogen) atoms. The van der Waals surface area contributed by atoms with E-state index in [-0.39, 0.29) is 13.0 Å². The number of esters is 2. The lowest BCUT2D eigenvalue weighted by atomic mass is 10.1. The topological polar surface area (TPSA) is 105 Å². The van der Waals surface area contributed by atoms with Crippen LogP contribution in [0.3, 0.4) is 0 Å². The third kappa shape index (κ3) is 6.83. The molecule has 0 amide bonds. The van der Waals surface area contributed by atoms with Crippen LogP contribution in [0.1, 0.15) is 44.6 Å². The summed E-state index contributed by atoms with van der Waals surface area (Å²) in [6, 6.07) is 22.8. The molecule has 2 aromatic heterocycles. The Hall–Kier alpha value is -3.96. The van der Waals surface area contributed by atoms with Crippen molar-refractivity contribution < 1.29 is 23.8 Å². The predicted octanol–water partition coefficient (Wildman–Crippen LogP) is 6.64. The van der Waals surface area contributed by atoms with Crippen molar-refractivity contribution in [3.05, 3.63) is 124 Å². The second-order valence-corrected chi connectivity index (χ2v) is 11.6. The van der Waals surface area contributed by atoms with Crippen molar-refractivity contribution in [2.24, 2.45) is 0 Å². The number of nitrogens with zero attached hydrogens (tertiary/aromatic N) is 4. The van der Waals surface area contributed by atoms with Crippen LogP contribution in [0.15, 0.2) is 96.3 Å². The fourth-order valence-electron chi connectivity index (χ4n) is 4.64. The Balaban J connectivity index is 1.21. The first-order valence-electron chi connectivity index (χ1n) is 13.4.